The molecule has 0 saturated heterocycles. The number of pyridine rings is 1. The van der Waals surface area contributed by atoms with Crippen LogP contribution < -0.4 is 10.6 Å². The van der Waals surface area contributed by atoms with Crippen LogP contribution in [0.3, 0.4) is 0 Å². The van der Waals surface area contributed by atoms with Crippen molar-refractivity contribution in [1.82, 2.24) is 25.4 Å². The normalized spacial score (nSPS) is 11.1. The van der Waals surface area contributed by atoms with Crippen LogP contribution in [0.1, 0.15) is 29.4 Å². The monoisotopic (exact) mass is 524 g/mol. The first-order chi connectivity index (χ1) is 13.5. The number of hydrogen-bond donors (Lipinski definition) is 2. The quantitative estimate of drug-likeness (QED) is 0.285. The summed E-state index contributed by atoms with van der Waals surface area (Å²) >= 11 is 6.04. The second-order valence-corrected chi connectivity index (χ2v) is 6.98. The number of nitrogens with zero attached hydrogens (tertiary/aromatic N) is 4. The number of hydrogen-bond acceptors (Lipinski definition) is 3. The van der Waals surface area contributed by atoms with Crippen LogP contribution >= 0.6 is 35.6 Å². The van der Waals surface area contributed by atoms with Crippen LogP contribution in [-0.2, 0) is 13.1 Å². The Bertz CT molecular complexity index is 952. The number of rotatable bonds is 6. The van der Waals surface area contributed by atoms with Crippen molar-refractivity contribution in [1.29, 1.82) is 0 Å². The number of nitrogens with one attached hydrogen (secondary N) is 2. The number of aromatic nitrogens is 3. The van der Waals surface area contributed by atoms with Gasteiger partial charge in [-0.2, -0.15) is 5.10 Å². The Morgan fingerprint density at radius 3 is 2.55 bits per heavy atom. The lowest BCUT2D eigenvalue weighted by molar-refractivity contribution is 0.799. The first-order valence-electron chi connectivity index (χ1n) is 9.30. The molecule has 0 radical (unpaired) electrons. The molecule has 3 aromatic rings. The molecule has 0 fully saturated rings. The van der Waals surface area contributed by atoms with Crippen LogP contribution in [0.2, 0.25) is 5.02 Å². The Balaban J connectivity index is 0.00000300. The smallest absolute Gasteiger partial charge is 0.191 e. The average Bonchev–Trinajstić information content (AvgIpc) is 3.02. The molecule has 0 saturated carbocycles. The molecule has 6 nitrogen and oxygen atoms in total. The van der Waals surface area contributed by atoms with Crippen LogP contribution in [0.5, 0.6) is 0 Å². The van der Waals surface area contributed by atoms with E-state index in [-0.39, 0.29) is 24.0 Å². The van der Waals surface area contributed by atoms with Crippen molar-refractivity contribution in [3.05, 3.63) is 76.2 Å². The molecule has 0 amide bonds. The van der Waals surface area contributed by atoms with Crippen LogP contribution in [0.4, 0.5) is 0 Å². The average molecular weight is 525 g/mol. The van der Waals surface area contributed by atoms with Crippen LogP contribution in [-0.4, -0.2) is 27.3 Å². The molecule has 0 unspecified atom stereocenters. The zero-order valence-electron chi connectivity index (χ0n) is 16.8. The van der Waals surface area contributed by atoms with Crippen molar-refractivity contribution in [3.63, 3.8) is 0 Å². The SMILES string of the molecule is CCNC(=NCc1ccc(-n2nc(C)cc2C)nc1)NCc1cccc(Cl)c1.I. The van der Waals surface area contributed by atoms with E-state index < -0.39 is 0 Å². The summed E-state index contributed by atoms with van der Waals surface area (Å²) in [7, 11) is 0. The van der Waals surface area contributed by atoms with Crippen molar-refractivity contribution >= 4 is 41.5 Å². The molecular weight excluding hydrogens is 499 g/mol. The maximum Gasteiger partial charge on any atom is 0.191 e. The van der Waals surface area contributed by atoms with E-state index in [1.165, 1.54) is 0 Å². The van der Waals surface area contributed by atoms with E-state index in [0.717, 1.165) is 45.9 Å². The predicted octanol–water partition coefficient (Wildman–Crippen LogP) is 4.41. The number of benzene rings is 1. The zero-order chi connectivity index (χ0) is 19.9. The van der Waals surface area contributed by atoms with Crippen molar-refractivity contribution in [2.75, 3.05) is 6.54 Å². The fourth-order valence-electron chi connectivity index (χ4n) is 2.84. The Morgan fingerprint density at radius 1 is 1.10 bits per heavy atom. The topological polar surface area (TPSA) is 67.1 Å². The third-order valence-electron chi connectivity index (χ3n) is 4.15. The minimum absolute atomic E-state index is 0. The van der Waals surface area contributed by atoms with Gasteiger partial charge in [0.1, 0.15) is 0 Å². The molecule has 2 N–H and O–H groups in total. The first-order valence-corrected chi connectivity index (χ1v) is 9.68. The fraction of sp³-hybridized carbons (Fsp3) is 0.286. The number of halogens is 2. The molecule has 0 bridgehead atoms. The summed E-state index contributed by atoms with van der Waals surface area (Å²) in [6, 6.07) is 13.8. The molecule has 0 atom stereocenters. The largest absolute Gasteiger partial charge is 0.357 e. The summed E-state index contributed by atoms with van der Waals surface area (Å²) in [4.78, 5) is 9.17. The van der Waals surface area contributed by atoms with E-state index in [9.17, 15) is 0 Å². The first kappa shape index (κ1) is 23.2. The molecule has 2 aromatic heterocycles. The number of guanidine groups is 1. The molecule has 2 heterocycles. The predicted molar refractivity (Wildman–Crippen MR) is 129 cm³/mol. The highest BCUT2D eigenvalue weighted by Crippen LogP contribution is 2.11. The van der Waals surface area contributed by atoms with Gasteiger partial charge in [0, 0.05) is 30.0 Å². The van der Waals surface area contributed by atoms with Crippen molar-refractivity contribution in [2.24, 2.45) is 4.99 Å². The summed E-state index contributed by atoms with van der Waals surface area (Å²) in [6.07, 6.45) is 1.84. The lowest BCUT2D eigenvalue weighted by Gasteiger charge is -2.11. The Kier molecular flexibility index (Phi) is 8.91. The maximum absolute atomic E-state index is 6.04. The van der Waals surface area contributed by atoms with Gasteiger partial charge in [-0.1, -0.05) is 29.8 Å². The highest BCUT2D eigenvalue weighted by molar-refractivity contribution is 14.0. The van der Waals surface area contributed by atoms with Crippen molar-refractivity contribution < 1.29 is 0 Å². The summed E-state index contributed by atoms with van der Waals surface area (Å²) in [5, 5.41) is 11.8. The lowest BCUT2D eigenvalue weighted by Crippen LogP contribution is -2.36. The van der Waals surface area contributed by atoms with Gasteiger partial charge in [-0.15, -0.1) is 24.0 Å². The molecule has 0 aliphatic rings. The standard InChI is InChI=1S/C21H25ClN6.HI/c1-4-23-21(25-12-17-6-5-7-19(22)11-17)26-14-18-8-9-20(24-13-18)28-16(3)10-15(2)27-28;/h5-11,13H,4,12,14H2,1-3H3,(H2,23,25,26);1H. The van der Waals surface area contributed by atoms with Gasteiger partial charge in [-0.25, -0.2) is 14.7 Å². The third-order valence-corrected chi connectivity index (χ3v) is 4.38. The van der Waals surface area contributed by atoms with E-state index in [0.29, 0.717) is 13.1 Å². The summed E-state index contributed by atoms with van der Waals surface area (Å²) in [5.41, 5.74) is 4.18. The highest BCUT2D eigenvalue weighted by Gasteiger charge is 2.05. The van der Waals surface area contributed by atoms with E-state index in [2.05, 4.69) is 25.7 Å². The second-order valence-electron chi connectivity index (χ2n) is 6.54. The van der Waals surface area contributed by atoms with Gasteiger partial charge in [0.2, 0.25) is 0 Å². The van der Waals surface area contributed by atoms with Crippen LogP contribution in [0.15, 0.2) is 53.7 Å². The molecule has 0 aliphatic heterocycles. The van der Waals surface area contributed by atoms with E-state index in [1.807, 2.05) is 74.1 Å². The minimum atomic E-state index is 0. The van der Waals surface area contributed by atoms with Crippen LogP contribution in [0, 0.1) is 13.8 Å². The second kappa shape index (κ2) is 11.2. The van der Waals surface area contributed by atoms with Gasteiger partial charge in [0.25, 0.3) is 0 Å². The number of aliphatic imine (C=N–C) groups is 1. The van der Waals surface area contributed by atoms with Crippen molar-refractivity contribution in [2.45, 2.75) is 33.9 Å². The van der Waals surface area contributed by atoms with Gasteiger partial charge >= 0.3 is 0 Å². The molecular formula is C21H26ClIN6. The lowest BCUT2D eigenvalue weighted by atomic mass is 10.2. The van der Waals surface area contributed by atoms with E-state index in [4.69, 9.17) is 11.6 Å². The Hall–Kier alpha value is -2.13. The van der Waals surface area contributed by atoms with Gasteiger partial charge in [0.15, 0.2) is 11.8 Å². The molecule has 1 aromatic carbocycles. The fourth-order valence-corrected chi connectivity index (χ4v) is 3.05. The summed E-state index contributed by atoms with van der Waals surface area (Å²) in [5.74, 6) is 1.56. The Labute approximate surface area is 193 Å². The third kappa shape index (κ3) is 6.71. The molecule has 154 valence electrons. The van der Waals surface area contributed by atoms with Gasteiger partial charge in [0.05, 0.1) is 12.2 Å². The molecule has 0 spiro atoms. The molecule has 3 rings (SSSR count). The number of aryl methyl sites for hydroxylation is 2. The van der Waals surface area contributed by atoms with E-state index in [1.54, 1.807) is 0 Å². The highest BCUT2D eigenvalue weighted by atomic mass is 127. The van der Waals surface area contributed by atoms with Gasteiger partial charge in [-0.3, -0.25) is 0 Å². The summed E-state index contributed by atoms with van der Waals surface area (Å²) in [6.45, 7) is 8.02. The van der Waals surface area contributed by atoms with Crippen molar-refractivity contribution in [3.8, 4) is 5.82 Å². The molecule has 29 heavy (non-hydrogen) atoms. The van der Waals surface area contributed by atoms with Gasteiger partial charge in [-0.05, 0) is 56.2 Å². The van der Waals surface area contributed by atoms with Gasteiger partial charge < -0.3 is 10.6 Å². The minimum Gasteiger partial charge on any atom is -0.357 e. The van der Waals surface area contributed by atoms with E-state index >= 15 is 0 Å². The molecule has 0 aliphatic carbocycles. The maximum atomic E-state index is 6.04. The molecule has 8 heteroatoms. The summed E-state index contributed by atoms with van der Waals surface area (Å²) < 4.78 is 1.85. The van der Waals surface area contributed by atoms with Crippen LogP contribution in [0.25, 0.3) is 5.82 Å². The zero-order valence-corrected chi connectivity index (χ0v) is 19.9. The Morgan fingerprint density at radius 2 is 1.93 bits per heavy atom.